The molecule has 5 atom stereocenters. The SMILES string of the molecule is CCC[CH2][Sn]([CH2]CCC)([CH2]CCC)[C@@H]1O[C@H](CO)[C@H](O)[C@H](O)[C@H]1O. The quantitative estimate of drug-likeness (QED) is 0.361. The Bertz CT molecular complexity index is 318. The Morgan fingerprint density at radius 3 is 1.58 bits per heavy atom. The fourth-order valence-electron chi connectivity index (χ4n) is 4.00. The Hall–Kier alpha value is 0.599. The molecule has 1 aliphatic heterocycles. The van der Waals surface area contributed by atoms with Crippen LogP contribution in [-0.4, -0.2) is 73.9 Å². The summed E-state index contributed by atoms with van der Waals surface area (Å²) in [5.74, 6) is 0. The van der Waals surface area contributed by atoms with Crippen molar-refractivity contribution >= 4 is 18.4 Å². The molecular weight excluding hydrogens is 415 g/mol. The summed E-state index contributed by atoms with van der Waals surface area (Å²) in [4.78, 5) is 0. The van der Waals surface area contributed by atoms with Gasteiger partial charge in [-0.15, -0.1) is 0 Å². The van der Waals surface area contributed by atoms with Crippen molar-refractivity contribution in [3.63, 3.8) is 0 Å². The molecule has 0 aromatic heterocycles. The summed E-state index contributed by atoms with van der Waals surface area (Å²) in [5.41, 5.74) is 0. The molecule has 1 saturated heterocycles. The van der Waals surface area contributed by atoms with E-state index in [2.05, 4.69) is 20.8 Å². The summed E-state index contributed by atoms with van der Waals surface area (Å²) in [6.45, 7) is 6.23. The zero-order valence-electron chi connectivity index (χ0n) is 15.7. The average Bonchev–Trinajstić information content (AvgIpc) is 2.60. The zero-order chi connectivity index (χ0) is 18.2. The maximum atomic E-state index is 10.7. The summed E-state index contributed by atoms with van der Waals surface area (Å²) < 4.78 is 9.18. The predicted molar refractivity (Wildman–Crippen MR) is 98.7 cm³/mol. The van der Waals surface area contributed by atoms with Gasteiger partial charge < -0.3 is 0 Å². The van der Waals surface area contributed by atoms with E-state index >= 15 is 0 Å². The molecular formula is C18H38O5Sn. The molecule has 0 radical (unpaired) electrons. The molecule has 5 nitrogen and oxygen atoms in total. The Kier molecular flexibility index (Phi) is 10.7. The second-order valence-electron chi connectivity index (χ2n) is 7.42. The van der Waals surface area contributed by atoms with E-state index in [1.807, 2.05) is 0 Å². The molecule has 144 valence electrons. The number of hydrogen-bond acceptors (Lipinski definition) is 5. The van der Waals surface area contributed by atoms with Gasteiger partial charge in [-0.1, -0.05) is 0 Å². The topological polar surface area (TPSA) is 90.2 Å². The van der Waals surface area contributed by atoms with Crippen LogP contribution in [-0.2, 0) is 4.74 Å². The molecule has 0 aliphatic carbocycles. The first-order valence-corrected chi connectivity index (χ1v) is 17.5. The van der Waals surface area contributed by atoms with E-state index in [-0.39, 0.29) is 10.7 Å². The van der Waals surface area contributed by atoms with Crippen molar-refractivity contribution in [3.8, 4) is 0 Å². The van der Waals surface area contributed by atoms with Gasteiger partial charge in [0.05, 0.1) is 0 Å². The monoisotopic (exact) mass is 454 g/mol. The van der Waals surface area contributed by atoms with E-state index in [1.54, 1.807) is 0 Å². The fourth-order valence-corrected chi connectivity index (χ4v) is 21.6. The summed E-state index contributed by atoms with van der Waals surface area (Å²) >= 11 is -2.92. The Morgan fingerprint density at radius 2 is 1.21 bits per heavy atom. The molecule has 0 amide bonds. The molecule has 24 heavy (non-hydrogen) atoms. The predicted octanol–water partition coefficient (Wildman–Crippen LogP) is 2.22. The summed E-state index contributed by atoms with van der Waals surface area (Å²) in [6.07, 6.45) is 2.53. The zero-order valence-corrected chi connectivity index (χ0v) is 18.5. The first-order chi connectivity index (χ1) is 11.5. The summed E-state index contributed by atoms with van der Waals surface area (Å²) in [7, 11) is 0. The van der Waals surface area contributed by atoms with E-state index in [9.17, 15) is 20.4 Å². The van der Waals surface area contributed by atoms with Crippen LogP contribution in [0.2, 0.25) is 13.3 Å². The van der Waals surface area contributed by atoms with Crippen LogP contribution in [0, 0.1) is 0 Å². The number of aliphatic hydroxyl groups excluding tert-OH is 4. The van der Waals surface area contributed by atoms with Gasteiger partial charge in [-0.05, 0) is 0 Å². The van der Waals surface area contributed by atoms with Crippen molar-refractivity contribution in [2.45, 2.75) is 101 Å². The van der Waals surface area contributed by atoms with Crippen LogP contribution in [0.4, 0.5) is 0 Å². The second-order valence-corrected chi connectivity index (χ2v) is 21.1. The first kappa shape index (κ1) is 22.6. The molecule has 6 heteroatoms. The van der Waals surface area contributed by atoms with Gasteiger partial charge in [0.15, 0.2) is 0 Å². The third-order valence-corrected chi connectivity index (χ3v) is 21.9. The summed E-state index contributed by atoms with van der Waals surface area (Å²) in [6, 6.07) is 0. The van der Waals surface area contributed by atoms with Gasteiger partial charge >= 0.3 is 151 Å². The van der Waals surface area contributed by atoms with Crippen LogP contribution in [0.15, 0.2) is 0 Å². The van der Waals surface area contributed by atoms with Crippen LogP contribution >= 0.6 is 0 Å². The number of aliphatic hydroxyl groups is 4. The van der Waals surface area contributed by atoms with Crippen LogP contribution in [0.1, 0.15) is 59.3 Å². The van der Waals surface area contributed by atoms with Crippen LogP contribution in [0.25, 0.3) is 0 Å². The maximum absolute atomic E-state index is 10.7. The van der Waals surface area contributed by atoms with E-state index in [4.69, 9.17) is 4.74 Å². The number of unbranched alkanes of at least 4 members (excludes halogenated alkanes) is 3. The van der Waals surface area contributed by atoms with Gasteiger partial charge in [0.25, 0.3) is 0 Å². The molecule has 0 bridgehead atoms. The molecule has 0 aromatic carbocycles. The van der Waals surface area contributed by atoms with Gasteiger partial charge in [-0.3, -0.25) is 0 Å². The van der Waals surface area contributed by atoms with Crippen molar-refractivity contribution < 1.29 is 25.2 Å². The second kappa shape index (κ2) is 11.3. The molecule has 1 heterocycles. The fraction of sp³-hybridized carbons (Fsp3) is 1.00. The van der Waals surface area contributed by atoms with Crippen LogP contribution in [0.5, 0.6) is 0 Å². The average molecular weight is 453 g/mol. The van der Waals surface area contributed by atoms with Gasteiger partial charge in [-0.25, -0.2) is 0 Å². The van der Waals surface area contributed by atoms with Crippen molar-refractivity contribution in [2.75, 3.05) is 6.61 Å². The molecule has 0 saturated carbocycles. The van der Waals surface area contributed by atoms with Crippen LogP contribution < -0.4 is 0 Å². The normalized spacial score (nSPS) is 31.4. The number of hydrogen-bond donors (Lipinski definition) is 4. The molecule has 1 fully saturated rings. The molecule has 0 unspecified atom stereocenters. The van der Waals surface area contributed by atoms with E-state index in [0.717, 1.165) is 51.8 Å². The van der Waals surface area contributed by atoms with Crippen molar-refractivity contribution in [3.05, 3.63) is 0 Å². The van der Waals surface area contributed by atoms with E-state index in [0.29, 0.717) is 0 Å². The van der Waals surface area contributed by atoms with Gasteiger partial charge in [0, 0.05) is 0 Å². The molecule has 0 aromatic rings. The van der Waals surface area contributed by atoms with Crippen LogP contribution in [0.3, 0.4) is 0 Å². The summed E-state index contributed by atoms with van der Waals surface area (Å²) in [5, 5.41) is 40.6. The number of rotatable bonds is 11. The Morgan fingerprint density at radius 1 is 0.750 bits per heavy atom. The standard InChI is InChI=1S/C6H11O5.3C4H9.Sn/c7-1-4-6(10)5(9)3(8)2-11-4;3*1-3-4-2;/h2-10H,1H2;3*1,3-4H2,2H3;/t3-,4+,5+,6-;;;;/m0..../s1. The van der Waals surface area contributed by atoms with Crippen molar-refractivity contribution in [1.29, 1.82) is 0 Å². The minimum atomic E-state index is -2.92. The van der Waals surface area contributed by atoms with Crippen molar-refractivity contribution in [2.24, 2.45) is 0 Å². The Balaban J connectivity index is 3.11. The molecule has 1 rings (SSSR count). The molecule has 1 aliphatic rings. The third kappa shape index (κ3) is 5.55. The van der Waals surface area contributed by atoms with Crippen molar-refractivity contribution in [1.82, 2.24) is 0 Å². The van der Waals surface area contributed by atoms with E-state index in [1.165, 1.54) is 0 Å². The molecule has 0 spiro atoms. The van der Waals surface area contributed by atoms with Gasteiger partial charge in [0.1, 0.15) is 0 Å². The van der Waals surface area contributed by atoms with E-state index < -0.39 is 42.8 Å². The third-order valence-electron chi connectivity index (χ3n) is 5.58. The first-order valence-electron chi connectivity index (χ1n) is 9.77. The van der Waals surface area contributed by atoms with Gasteiger partial charge in [0.2, 0.25) is 0 Å². The Labute approximate surface area is 151 Å². The van der Waals surface area contributed by atoms with Gasteiger partial charge in [-0.2, -0.15) is 0 Å². The molecule has 4 N–H and O–H groups in total. The number of ether oxygens (including phenoxy) is 1. The minimum absolute atomic E-state index is 0.321.